The molecule has 0 aliphatic carbocycles. The predicted molar refractivity (Wildman–Crippen MR) is 62.4 cm³/mol. The molecule has 0 bridgehead atoms. The van der Waals surface area contributed by atoms with Crippen molar-refractivity contribution in [3.05, 3.63) is 35.9 Å². The highest BCUT2D eigenvalue weighted by molar-refractivity contribution is 5.26. The van der Waals surface area contributed by atoms with Crippen molar-refractivity contribution in [2.45, 2.75) is 12.6 Å². The van der Waals surface area contributed by atoms with E-state index in [1.54, 1.807) is 17.9 Å². The Morgan fingerprint density at radius 2 is 2.11 bits per heavy atom. The van der Waals surface area contributed by atoms with Crippen LogP contribution in [0.15, 0.2) is 24.5 Å². The Morgan fingerprint density at radius 3 is 2.74 bits per heavy atom. The summed E-state index contributed by atoms with van der Waals surface area (Å²) in [6.07, 6.45) is -0.990. The molecule has 2 aromatic heterocycles. The molecule has 0 radical (unpaired) electrons. The zero-order valence-corrected chi connectivity index (χ0v) is 10.1. The van der Waals surface area contributed by atoms with Gasteiger partial charge in [-0.05, 0) is 12.1 Å². The summed E-state index contributed by atoms with van der Waals surface area (Å²) < 4.78 is 38.9. The molecule has 8 heteroatoms. The highest BCUT2D eigenvalue weighted by Crippen LogP contribution is 2.27. The Bertz CT molecular complexity index is 549. The average Bonchev–Trinajstić information content (AvgIpc) is 2.74. The van der Waals surface area contributed by atoms with E-state index >= 15 is 0 Å². The number of hydrogen-bond acceptors (Lipinski definition) is 4. The average molecular weight is 271 g/mol. The SMILES string of the molecule is Cn1ccc(CCNc2nccc(C(F)(F)F)n2)n1. The number of aromatic nitrogens is 4. The zero-order chi connectivity index (χ0) is 13.9. The summed E-state index contributed by atoms with van der Waals surface area (Å²) in [6, 6.07) is 2.68. The van der Waals surface area contributed by atoms with Crippen LogP contribution >= 0.6 is 0 Å². The van der Waals surface area contributed by atoms with Crippen LogP contribution in [-0.2, 0) is 19.6 Å². The quantitative estimate of drug-likeness (QED) is 0.922. The third-order valence-electron chi connectivity index (χ3n) is 2.38. The van der Waals surface area contributed by atoms with Crippen molar-refractivity contribution in [3.63, 3.8) is 0 Å². The minimum absolute atomic E-state index is 0.0363. The van der Waals surface area contributed by atoms with Crippen LogP contribution in [0.25, 0.3) is 0 Å². The molecule has 0 saturated carbocycles. The highest BCUT2D eigenvalue weighted by Gasteiger charge is 2.32. The normalized spacial score (nSPS) is 11.6. The van der Waals surface area contributed by atoms with Crippen LogP contribution in [0, 0.1) is 0 Å². The zero-order valence-electron chi connectivity index (χ0n) is 10.1. The Kier molecular flexibility index (Phi) is 3.68. The van der Waals surface area contributed by atoms with Crippen LogP contribution in [-0.4, -0.2) is 26.3 Å². The van der Waals surface area contributed by atoms with Crippen LogP contribution in [0.4, 0.5) is 19.1 Å². The van der Waals surface area contributed by atoms with Gasteiger partial charge < -0.3 is 5.32 Å². The van der Waals surface area contributed by atoms with Gasteiger partial charge in [0.15, 0.2) is 0 Å². The van der Waals surface area contributed by atoms with Gasteiger partial charge in [-0.15, -0.1) is 0 Å². The maximum absolute atomic E-state index is 12.4. The first-order valence-corrected chi connectivity index (χ1v) is 5.58. The first-order chi connectivity index (χ1) is 8.95. The third-order valence-corrected chi connectivity index (χ3v) is 2.38. The Balaban J connectivity index is 1.93. The molecule has 0 spiro atoms. The fourth-order valence-electron chi connectivity index (χ4n) is 1.50. The Hall–Kier alpha value is -2.12. The lowest BCUT2D eigenvalue weighted by Crippen LogP contribution is -2.13. The van der Waals surface area contributed by atoms with Crippen molar-refractivity contribution < 1.29 is 13.2 Å². The number of alkyl halides is 3. The van der Waals surface area contributed by atoms with E-state index in [1.807, 2.05) is 6.07 Å². The maximum atomic E-state index is 12.4. The molecule has 5 nitrogen and oxygen atoms in total. The smallest absolute Gasteiger partial charge is 0.354 e. The van der Waals surface area contributed by atoms with E-state index in [4.69, 9.17) is 0 Å². The molecular formula is C11H12F3N5. The van der Waals surface area contributed by atoms with Crippen molar-refractivity contribution in [2.75, 3.05) is 11.9 Å². The van der Waals surface area contributed by atoms with Gasteiger partial charge in [-0.1, -0.05) is 0 Å². The van der Waals surface area contributed by atoms with Crippen LogP contribution in [0.2, 0.25) is 0 Å². The van der Waals surface area contributed by atoms with Gasteiger partial charge in [0.1, 0.15) is 5.69 Å². The second-order valence-corrected chi connectivity index (χ2v) is 3.92. The van der Waals surface area contributed by atoms with E-state index in [2.05, 4.69) is 20.4 Å². The Morgan fingerprint density at radius 1 is 1.32 bits per heavy atom. The van der Waals surface area contributed by atoms with Crippen molar-refractivity contribution >= 4 is 5.95 Å². The summed E-state index contributed by atoms with van der Waals surface area (Å²) in [6.45, 7) is 0.415. The summed E-state index contributed by atoms with van der Waals surface area (Å²) in [5, 5.41) is 6.90. The van der Waals surface area contributed by atoms with Crippen molar-refractivity contribution in [1.82, 2.24) is 19.7 Å². The van der Waals surface area contributed by atoms with Gasteiger partial charge in [-0.2, -0.15) is 18.3 Å². The van der Waals surface area contributed by atoms with Crippen LogP contribution in [0.5, 0.6) is 0 Å². The standard InChI is InChI=1S/C11H12F3N5/c1-19-7-4-8(18-19)2-5-15-10-16-6-3-9(17-10)11(12,13)14/h3-4,6-7H,2,5H2,1H3,(H,15,16,17). The van der Waals surface area contributed by atoms with E-state index < -0.39 is 11.9 Å². The second-order valence-electron chi connectivity index (χ2n) is 3.92. The molecule has 19 heavy (non-hydrogen) atoms. The van der Waals surface area contributed by atoms with Gasteiger partial charge in [0.25, 0.3) is 0 Å². The summed E-state index contributed by atoms with van der Waals surface area (Å²) in [5.74, 6) is -0.0363. The van der Waals surface area contributed by atoms with Gasteiger partial charge in [-0.25, -0.2) is 9.97 Å². The lowest BCUT2D eigenvalue weighted by atomic mass is 10.3. The molecule has 0 atom stereocenters. The van der Waals surface area contributed by atoms with Gasteiger partial charge in [0.2, 0.25) is 5.95 Å². The minimum atomic E-state index is -4.46. The Labute approximate surface area is 107 Å². The molecule has 0 aliphatic heterocycles. The fourth-order valence-corrected chi connectivity index (χ4v) is 1.50. The largest absolute Gasteiger partial charge is 0.433 e. The number of aryl methyl sites for hydroxylation is 1. The van der Waals surface area contributed by atoms with Crippen molar-refractivity contribution in [1.29, 1.82) is 0 Å². The molecule has 102 valence electrons. The lowest BCUT2D eigenvalue weighted by Gasteiger charge is -2.07. The maximum Gasteiger partial charge on any atom is 0.433 e. The molecule has 0 aliphatic rings. The molecule has 0 aromatic carbocycles. The fraction of sp³-hybridized carbons (Fsp3) is 0.364. The topological polar surface area (TPSA) is 55.6 Å². The van der Waals surface area contributed by atoms with E-state index in [-0.39, 0.29) is 5.95 Å². The number of rotatable bonds is 4. The van der Waals surface area contributed by atoms with Crippen molar-refractivity contribution in [2.24, 2.45) is 7.05 Å². The first kappa shape index (κ1) is 13.3. The number of nitrogens with zero attached hydrogens (tertiary/aromatic N) is 4. The van der Waals surface area contributed by atoms with Gasteiger partial charge in [-0.3, -0.25) is 4.68 Å². The molecule has 2 heterocycles. The molecule has 0 amide bonds. The monoisotopic (exact) mass is 271 g/mol. The van der Waals surface area contributed by atoms with E-state index in [0.717, 1.165) is 18.0 Å². The van der Waals surface area contributed by atoms with Gasteiger partial charge in [0.05, 0.1) is 5.69 Å². The van der Waals surface area contributed by atoms with Crippen LogP contribution in [0.1, 0.15) is 11.4 Å². The predicted octanol–water partition coefficient (Wildman–Crippen LogP) is 1.88. The van der Waals surface area contributed by atoms with Crippen LogP contribution < -0.4 is 5.32 Å². The minimum Gasteiger partial charge on any atom is -0.354 e. The molecule has 0 fully saturated rings. The van der Waals surface area contributed by atoms with E-state index in [9.17, 15) is 13.2 Å². The summed E-state index contributed by atoms with van der Waals surface area (Å²) in [5.41, 5.74) is -0.107. The molecule has 0 saturated heterocycles. The second kappa shape index (κ2) is 5.25. The highest BCUT2D eigenvalue weighted by atomic mass is 19.4. The number of anilines is 1. The summed E-state index contributed by atoms with van der Waals surface area (Å²) >= 11 is 0. The summed E-state index contributed by atoms with van der Waals surface area (Å²) in [4.78, 5) is 7.15. The number of nitrogens with one attached hydrogen (secondary N) is 1. The van der Waals surface area contributed by atoms with Gasteiger partial charge in [0, 0.05) is 32.4 Å². The van der Waals surface area contributed by atoms with Gasteiger partial charge >= 0.3 is 6.18 Å². The van der Waals surface area contributed by atoms with Crippen LogP contribution in [0.3, 0.4) is 0 Å². The van der Waals surface area contributed by atoms with Crippen molar-refractivity contribution in [3.8, 4) is 0 Å². The molecule has 2 rings (SSSR count). The number of hydrogen-bond donors (Lipinski definition) is 1. The first-order valence-electron chi connectivity index (χ1n) is 5.58. The molecule has 0 unspecified atom stereocenters. The van der Waals surface area contributed by atoms with E-state index in [1.165, 1.54) is 0 Å². The molecule has 1 N–H and O–H groups in total. The lowest BCUT2D eigenvalue weighted by molar-refractivity contribution is -0.141. The number of halogens is 3. The molecule has 2 aromatic rings. The van der Waals surface area contributed by atoms with E-state index in [0.29, 0.717) is 13.0 Å². The summed E-state index contributed by atoms with van der Waals surface area (Å²) in [7, 11) is 1.80. The molecular weight excluding hydrogens is 259 g/mol. The third kappa shape index (κ3) is 3.67.